The maximum atomic E-state index is 11.8. The van der Waals surface area contributed by atoms with E-state index >= 15 is 0 Å². The molecular formula is C14H13N3O3. The summed E-state index contributed by atoms with van der Waals surface area (Å²) in [5, 5.41) is 10.3. The zero-order valence-electron chi connectivity index (χ0n) is 10.8. The molecule has 1 aliphatic heterocycles. The van der Waals surface area contributed by atoms with Crippen LogP contribution in [0.4, 0.5) is 0 Å². The number of nitrogens with zero attached hydrogens (tertiary/aromatic N) is 2. The number of fused-ring (bicyclic) bond motifs is 1. The summed E-state index contributed by atoms with van der Waals surface area (Å²) < 4.78 is 5.13. The molecule has 0 radical (unpaired) electrons. The van der Waals surface area contributed by atoms with E-state index in [4.69, 9.17) is 4.74 Å². The van der Waals surface area contributed by atoms with E-state index < -0.39 is 0 Å². The largest absolute Gasteiger partial charge is 0.506 e. The maximum absolute atomic E-state index is 11.8. The number of phenolic OH excluding ortho intramolecular Hbond substituents is 1. The van der Waals surface area contributed by atoms with Gasteiger partial charge in [0.1, 0.15) is 11.3 Å². The van der Waals surface area contributed by atoms with E-state index in [-0.39, 0.29) is 17.5 Å². The maximum Gasteiger partial charge on any atom is 0.258 e. The molecule has 1 aliphatic rings. The van der Waals surface area contributed by atoms with E-state index in [1.54, 1.807) is 25.5 Å². The lowest BCUT2D eigenvalue weighted by molar-refractivity contribution is 0.113. The van der Waals surface area contributed by atoms with Gasteiger partial charge in [0.25, 0.3) is 5.56 Å². The first-order valence-corrected chi connectivity index (χ1v) is 6.16. The Morgan fingerprint density at radius 1 is 1.45 bits per heavy atom. The molecule has 1 atom stereocenters. The van der Waals surface area contributed by atoms with Crippen molar-refractivity contribution < 1.29 is 9.84 Å². The quantitative estimate of drug-likeness (QED) is 0.865. The molecule has 0 fully saturated rings. The zero-order chi connectivity index (χ0) is 14.1. The second-order valence-electron chi connectivity index (χ2n) is 4.49. The van der Waals surface area contributed by atoms with Gasteiger partial charge in [0.2, 0.25) is 0 Å². The lowest BCUT2D eigenvalue weighted by atomic mass is 10.0. The summed E-state index contributed by atoms with van der Waals surface area (Å²) in [7, 11) is 1.61. The number of benzene rings is 1. The molecule has 0 bridgehead atoms. The molecule has 0 aliphatic carbocycles. The van der Waals surface area contributed by atoms with Crippen LogP contribution in [0.2, 0.25) is 0 Å². The molecule has 2 aromatic rings. The number of phenols is 1. The van der Waals surface area contributed by atoms with E-state index in [1.807, 2.05) is 6.08 Å². The van der Waals surface area contributed by atoms with Gasteiger partial charge in [-0.05, 0) is 23.3 Å². The summed E-state index contributed by atoms with van der Waals surface area (Å²) in [6, 6.07) is 3.28. The Labute approximate surface area is 114 Å². The van der Waals surface area contributed by atoms with Gasteiger partial charge in [0, 0.05) is 19.7 Å². The normalized spacial score (nSPS) is 18.2. The Kier molecular flexibility index (Phi) is 3.08. The Morgan fingerprint density at radius 2 is 2.30 bits per heavy atom. The van der Waals surface area contributed by atoms with E-state index in [1.165, 1.54) is 6.33 Å². The number of hydrogen-bond donors (Lipinski definition) is 2. The van der Waals surface area contributed by atoms with Crippen LogP contribution in [-0.4, -0.2) is 34.6 Å². The van der Waals surface area contributed by atoms with Crippen LogP contribution < -0.4 is 5.56 Å². The fourth-order valence-corrected chi connectivity index (χ4v) is 2.18. The topological polar surface area (TPSA) is 87.6 Å². The summed E-state index contributed by atoms with van der Waals surface area (Å²) in [4.78, 5) is 22.5. The number of aromatic hydroxyl groups is 1. The van der Waals surface area contributed by atoms with Crippen LogP contribution in [0.15, 0.2) is 34.3 Å². The van der Waals surface area contributed by atoms with Gasteiger partial charge in [-0.1, -0.05) is 6.08 Å². The minimum atomic E-state index is -0.282. The SMILES string of the molecule is COC1CC=C(c2cc(O)c3nc[nH]c(=O)c3c2)C=N1. The number of ether oxygens (including phenoxy) is 1. The molecule has 1 aromatic heterocycles. The monoisotopic (exact) mass is 271 g/mol. The molecule has 0 saturated heterocycles. The third-order valence-electron chi connectivity index (χ3n) is 3.25. The van der Waals surface area contributed by atoms with Crippen molar-refractivity contribution in [2.75, 3.05) is 7.11 Å². The predicted molar refractivity (Wildman–Crippen MR) is 75.9 cm³/mol. The first-order chi connectivity index (χ1) is 9.69. The van der Waals surface area contributed by atoms with Crippen molar-refractivity contribution in [3.63, 3.8) is 0 Å². The highest BCUT2D eigenvalue weighted by molar-refractivity contribution is 6.11. The molecule has 2 heterocycles. The highest BCUT2D eigenvalue weighted by Gasteiger charge is 2.13. The van der Waals surface area contributed by atoms with Crippen LogP contribution >= 0.6 is 0 Å². The van der Waals surface area contributed by atoms with E-state index in [0.29, 0.717) is 17.3 Å². The zero-order valence-corrected chi connectivity index (χ0v) is 10.8. The van der Waals surface area contributed by atoms with Crippen LogP contribution in [0.1, 0.15) is 12.0 Å². The smallest absolute Gasteiger partial charge is 0.258 e. The molecule has 1 aromatic carbocycles. The molecule has 6 nitrogen and oxygen atoms in total. The molecule has 102 valence electrons. The van der Waals surface area contributed by atoms with Gasteiger partial charge in [-0.15, -0.1) is 0 Å². The van der Waals surface area contributed by atoms with Crippen molar-refractivity contribution in [3.05, 3.63) is 40.5 Å². The van der Waals surface area contributed by atoms with E-state index in [0.717, 1.165) is 11.1 Å². The van der Waals surface area contributed by atoms with Crippen molar-refractivity contribution in [1.82, 2.24) is 9.97 Å². The molecule has 20 heavy (non-hydrogen) atoms. The number of aliphatic imine (C=N–C) groups is 1. The molecule has 1 unspecified atom stereocenters. The minimum Gasteiger partial charge on any atom is -0.506 e. The average Bonchev–Trinajstić information content (AvgIpc) is 2.48. The number of methoxy groups -OCH3 is 1. The Bertz CT molecular complexity index is 777. The van der Waals surface area contributed by atoms with Gasteiger partial charge < -0.3 is 14.8 Å². The van der Waals surface area contributed by atoms with Gasteiger partial charge >= 0.3 is 0 Å². The standard InChI is InChI=1S/C14H13N3O3/c1-20-12-3-2-8(6-15-12)9-4-10-13(11(18)5-9)16-7-17-14(10)19/h2,4-7,12,18H,3H2,1H3,(H,16,17,19). The van der Waals surface area contributed by atoms with Crippen LogP contribution in [0.5, 0.6) is 5.75 Å². The lowest BCUT2D eigenvalue weighted by Gasteiger charge is -2.14. The highest BCUT2D eigenvalue weighted by Crippen LogP contribution is 2.27. The molecule has 3 rings (SSSR count). The van der Waals surface area contributed by atoms with Crippen molar-refractivity contribution in [2.24, 2.45) is 4.99 Å². The predicted octanol–water partition coefficient (Wildman–Crippen LogP) is 1.46. The number of H-pyrrole nitrogens is 1. The van der Waals surface area contributed by atoms with Crippen molar-refractivity contribution in [1.29, 1.82) is 0 Å². The van der Waals surface area contributed by atoms with Crippen LogP contribution in [0.25, 0.3) is 16.5 Å². The number of aromatic amines is 1. The van der Waals surface area contributed by atoms with Gasteiger partial charge in [0.15, 0.2) is 6.23 Å². The van der Waals surface area contributed by atoms with Gasteiger partial charge in [-0.2, -0.15) is 0 Å². The third kappa shape index (κ3) is 2.10. The van der Waals surface area contributed by atoms with Crippen LogP contribution in [0, 0.1) is 0 Å². The van der Waals surface area contributed by atoms with Crippen molar-refractivity contribution in [2.45, 2.75) is 12.6 Å². The van der Waals surface area contributed by atoms with Gasteiger partial charge in [-0.25, -0.2) is 4.98 Å². The Hall–Kier alpha value is -2.47. The molecule has 0 spiro atoms. The van der Waals surface area contributed by atoms with Crippen molar-refractivity contribution in [3.8, 4) is 5.75 Å². The highest BCUT2D eigenvalue weighted by atomic mass is 16.5. The number of nitrogens with one attached hydrogen (secondary N) is 1. The summed E-state index contributed by atoms with van der Waals surface area (Å²) in [5.74, 6) is -0.0215. The number of rotatable bonds is 2. The Balaban J connectivity index is 2.10. The number of dihydropyridines is 1. The van der Waals surface area contributed by atoms with Crippen LogP contribution in [-0.2, 0) is 4.74 Å². The van der Waals surface area contributed by atoms with E-state index in [2.05, 4.69) is 15.0 Å². The molecule has 6 heteroatoms. The lowest BCUT2D eigenvalue weighted by Crippen LogP contribution is -2.11. The fourth-order valence-electron chi connectivity index (χ4n) is 2.18. The average molecular weight is 271 g/mol. The number of hydrogen-bond acceptors (Lipinski definition) is 5. The second kappa shape index (κ2) is 4.90. The first kappa shape index (κ1) is 12.6. The van der Waals surface area contributed by atoms with Crippen molar-refractivity contribution >= 4 is 22.7 Å². The molecule has 2 N–H and O–H groups in total. The summed E-state index contributed by atoms with van der Waals surface area (Å²) >= 11 is 0. The Morgan fingerprint density at radius 3 is 3.00 bits per heavy atom. The van der Waals surface area contributed by atoms with Gasteiger partial charge in [0.05, 0.1) is 11.7 Å². The van der Waals surface area contributed by atoms with Crippen LogP contribution in [0.3, 0.4) is 0 Å². The summed E-state index contributed by atoms with van der Waals surface area (Å²) in [5.41, 5.74) is 1.58. The number of allylic oxidation sites excluding steroid dienone is 1. The molecular weight excluding hydrogens is 258 g/mol. The molecule has 0 saturated carbocycles. The fraction of sp³-hybridized carbons (Fsp3) is 0.214. The van der Waals surface area contributed by atoms with E-state index in [9.17, 15) is 9.90 Å². The number of aromatic nitrogens is 2. The summed E-state index contributed by atoms with van der Waals surface area (Å²) in [6.07, 6.45) is 5.41. The minimum absolute atomic E-state index is 0.0215. The first-order valence-electron chi connectivity index (χ1n) is 6.16. The molecule has 0 amide bonds. The second-order valence-corrected chi connectivity index (χ2v) is 4.49. The summed E-state index contributed by atoms with van der Waals surface area (Å²) in [6.45, 7) is 0. The van der Waals surface area contributed by atoms with Gasteiger partial charge in [-0.3, -0.25) is 9.79 Å². The third-order valence-corrected chi connectivity index (χ3v) is 3.25.